The van der Waals surface area contributed by atoms with E-state index in [4.69, 9.17) is 9.47 Å². The second kappa shape index (κ2) is 10.5. The van der Waals surface area contributed by atoms with Crippen LogP contribution in [0.5, 0.6) is 11.5 Å². The molecule has 0 saturated carbocycles. The standard InChI is InChI=1S/C23H19BrN2O5/c1-30-19-10-7-16(8-11-19)23(29)31-20-12-9-18(24)13-17(20)14-25-26-22(28)21(27)15-5-3-2-4-6-15/h2-14,21,27H,1H3,(H,26,28)/b25-14-/t21-/m0/s1. The van der Waals surface area contributed by atoms with Crippen molar-refractivity contribution in [2.24, 2.45) is 5.10 Å². The molecular weight excluding hydrogens is 464 g/mol. The minimum absolute atomic E-state index is 0.255. The summed E-state index contributed by atoms with van der Waals surface area (Å²) in [6.07, 6.45) is -0.0231. The molecule has 0 fully saturated rings. The van der Waals surface area contributed by atoms with E-state index in [0.29, 0.717) is 22.4 Å². The van der Waals surface area contributed by atoms with Gasteiger partial charge in [-0.05, 0) is 48.0 Å². The molecule has 0 radical (unpaired) electrons. The Balaban J connectivity index is 1.70. The molecule has 7 nitrogen and oxygen atoms in total. The molecule has 8 heteroatoms. The van der Waals surface area contributed by atoms with Gasteiger partial charge in [0, 0.05) is 10.0 Å². The van der Waals surface area contributed by atoms with Crippen molar-refractivity contribution in [2.75, 3.05) is 7.11 Å². The van der Waals surface area contributed by atoms with Gasteiger partial charge in [-0.2, -0.15) is 5.10 Å². The van der Waals surface area contributed by atoms with Crippen molar-refractivity contribution in [2.45, 2.75) is 6.10 Å². The average Bonchev–Trinajstić information content (AvgIpc) is 2.80. The first kappa shape index (κ1) is 22.2. The molecule has 1 amide bonds. The Bertz CT molecular complexity index is 1080. The molecule has 0 aliphatic heterocycles. The maximum absolute atomic E-state index is 12.5. The highest BCUT2D eigenvalue weighted by atomic mass is 79.9. The van der Waals surface area contributed by atoms with E-state index in [1.807, 2.05) is 0 Å². The number of ether oxygens (including phenoxy) is 2. The van der Waals surface area contributed by atoms with Crippen LogP contribution in [0.15, 0.2) is 82.4 Å². The van der Waals surface area contributed by atoms with Crippen LogP contribution in [0.4, 0.5) is 0 Å². The summed E-state index contributed by atoms with van der Waals surface area (Å²) in [7, 11) is 1.54. The fourth-order valence-corrected chi connectivity index (χ4v) is 2.99. The van der Waals surface area contributed by atoms with Crippen molar-refractivity contribution in [3.05, 3.63) is 94.0 Å². The van der Waals surface area contributed by atoms with E-state index in [1.54, 1.807) is 79.9 Å². The predicted octanol–water partition coefficient (Wildman–Crippen LogP) is 3.86. The van der Waals surface area contributed by atoms with Gasteiger partial charge in [0.25, 0.3) is 5.91 Å². The van der Waals surface area contributed by atoms with Crippen LogP contribution < -0.4 is 14.9 Å². The molecule has 158 valence electrons. The highest BCUT2D eigenvalue weighted by Crippen LogP contribution is 2.23. The van der Waals surface area contributed by atoms with Gasteiger partial charge in [-0.15, -0.1) is 0 Å². The van der Waals surface area contributed by atoms with E-state index in [1.165, 1.54) is 6.21 Å². The number of carbonyl (C=O) groups is 2. The van der Waals surface area contributed by atoms with Gasteiger partial charge < -0.3 is 14.6 Å². The van der Waals surface area contributed by atoms with Crippen LogP contribution in [0.3, 0.4) is 0 Å². The van der Waals surface area contributed by atoms with Gasteiger partial charge in [0.1, 0.15) is 11.5 Å². The smallest absolute Gasteiger partial charge is 0.343 e. The van der Waals surface area contributed by atoms with Gasteiger partial charge in [0.2, 0.25) is 0 Å². The Hall–Kier alpha value is -3.49. The molecule has 3 aromatic rings. The Morgan fingerprint density at radius 3 is 2.45 bits per heavy atom. The number of halogens is 1. The van der Waals surface area contributed by atoms with Gasteiger partial charge in [-0.1, -0.05) is 46.3 Å². The number of aliphatic hydroxyl groups is 1. The second-order valence-corrected chi connectivity index (χ2v) is 7.26. The molecule has 0 spiro atoms. The number of hydrogen-bond acceptors (Lipinski definition) is 6. The van der Waals surface area contributed by atoms with E-state index in [9.17, 15) is 14.7 Å². The quantitative estimate of drug-likeness (QED) is 0.230. The van der Waals surface area contributed by atoms with Crippen molar-refractivity contribution >= 4 is 34.0 Å². The summed E-state index contributed by atoms with van der Waals surface area (Å²) in [6, 6.07) is 20.0. The zero-order valence-corrected chi connectivity index (χ0v) is 18.1. The highest BCUT2D eigenvalue weighted by molar-refractivity contribution is 9.10. The molecule has 0 bridgehead atoms. The lowest BCUT2D eigenvalue weighted by Crippen LogP contribution is -2.25. The minimum atomic E-state index is -1.35. The number of amides is 1. The highest BCUT2D eigenvalue weighted by Gasteiger charge is 2.16. The van der Waals surface area contributed by atoms with Crippen molar-refractivity contribution in [3.63, 3.8) is 0 Å². The molecule has 0 saturated heterocycles. The maximum atomic E-state index is 12.5. The topological polar surface area (TPSA) is 97.2 Å². The summed E-state index contributed by atoms with van der Waals surface area (Å²) < 4.78 is 11.3. The summed E-state index contributed by atoms with van der Waals surface area (Å²) in [5.74, 6) is -0.357. The third kappa shape index (κ3) is 6.00. The molecule has 0 aliphatic rings. The Morgan fingerprint density at radius 1 is 1.06 bits per heavy atom. The third-order valence-corrected chi connectivity index (χ3v) is 4.74. The molecular formula is C23H19BrN2O5. The summed E-state index contributed by atoms with van der Waals surface area (Å²) >= 11 is 3.35. The van der Waals surface area contributed by atoms with Crippen LogP contribution in [-0.4, -0.2) is 30.3 Å². The summed E-state index contributed by atoms with van der Waals surface area (Å²) in [4.78, 5) is 24.6. The molecule has 0 unspecified atom stereocenters. The molecule has 1 atom stereocenters. The van der Waals surface area contributed by atoms with E-state index in [0.717, 1.165) is 4.47 Å². The molecule has 31 heavy (non-hydrogen) atoms. The van der Waals surface area contributed by atoms with Crippen molar-refractivity contribution in [1.29, 1.82) is 0 Å². The molecule has 0 heterocycles. The minimum Gasteiger partial charge on any atom is -0.497 e. The fraction of sp³-hybridized carbons (Fsp3) is 0.0870. The number of carbonyl (C=O) groups excluding carboxylic acids is 2. The van der Waals surface area contributed by atoms with Crippen LogP contribution in [0.2, 0.25) is 0 Å². The number of aliphatic hydroxyl groups excluding tert-OH is 1. The van der Waals surface area contributed by atoms with E-state index in [-0.39, 0.29) is 5.75 Å². The van der Waals surface area contributed by atoms with Crippen molar-refractivity contribution < 1.29 is 24.2 Å². The zero-order chi connectivity index (χ0) is 22.2. The maximum Gasteiger partial charge on any atom is 0.343 e. The first-order chi connectivity index (χ1) is 15.0. The first-order valence-electron chi connectivity index (χ1n) is 9.19. The summed E-state index contributed by atoms with van der Waals surface area (Å²) in [5.41, 5.74) is 3.54. The summed E-state index contributed by atoms with van der Waals surface area (Å²) in [5, 5.41) is 14.0. The van der Waals surface area contributed by atoms with E-state index < -0.39 is 18.0 Å². The van der Waals surface area contributed by atoms with E-state index >= 15 is 0 Å². The van der Waals surface area contributed by atoms with Gasteiger partial charge in [-0.25, -0.2) is 10.2 Å². The monoisotopic (exact) mass is 482 g/mol. The number of nitrogens with zero attached hydrogens (tertiary/aromatic N) is 1. The number of hydrogen-bond donors (Lipinski definition) is 2. The van der Waals surface area contributed by atoms with Crippen molar-refractivity contribution in [1.82, 2.24) is 5.43 Å². The number of methoxy groups -OCH3 is 1. The molecule has 0 aliphatic carbocycles. The van der Waals surface area contributed by atoms with Crippen LogP contribution in [0.25, 0.3) is 0 Å². The normalized spacial score (nSPS) is 11.7. The molecule has 2 N–H and O–H groups in total. The van der Waals surface area contributed by atoms with Gasteiger partial charge in [0.15, 0.2) is 6.10 Å². The van der Waals surface area contributed by atoms with Crippen LogP contribution in [0.1, 0.15) is 27.6 Å². The SMILES string of the molecule is COc1ccc(C(=O)Oc2ccc(Br)cc2/C=N\NC(=O)[C@@H](O)c2ccccc2)cc1. The lowest BCUT2D eigenvalue weighted by Gasteiger charge is -2.10. The average molecular weight is 483 g/mol. The first-order valence-corrected chi connectivity index (χ1v) is 9.99. The molecule has 0 aromatic heterocycles. The molecule has 3 aromatic carbocycles. The number of esters is 1. The number of rotatable bonds is 7. The van der Waals surface area contributed by atoms with E-state index in [2.05, 4.69) is 26.5 Å². The lowest BCUT2D eigenvalue weighted by atomic mass is 10.1. The summed E-state index contributed by atoms with van der Waals surface area (Å²) in [6.45, 7) is 0. The van der Waals surface area contributed by atoms with Crippen LogP contribution in [-0.2, 0) is 4.79 Å². The third-order valence-electron chi connectivity index (χ3n) is 4.24. The van der Waals surface area contributed by atoms with Gasteiger partial charge >= 0.3 is 5.97 Å². The number of hydrazone groups is 1. The van der Waals surface area contributed by atoms with Gasteiger partial charge in [0.05, 0.1) is 18.9 Å². The number of benzene rings is 3. The van der Waals surface area contributed by atoms with Crippen LogP contribution >= 0.6 is 15.9 Å². The largest absolute Gasteiger partial charge is 0.497 e. The second-order valence-electron chi connectivity index (χ2n) is 6.35. The lowest BCUT2D eigenvalue weighted by molar-refractivity contribution is -0.129. The van der Waals surface area contributed by atoms with Crippen LogP contribution in [0, 0.1) is 0 Å². The Kier molecular flexibility index (Phi) is 7.53. The van der Waals surface area contributed by atoms with Crippen molar-refractivity contribution in [3.8, 4) is 11.5 Å². The fourth-order valence-electron chi connectivity index (χ4n) is 2.61. The zero-order valence-electron chi connectivity index (χ0n) is 16.5. The predicted molar refractivity (Wildman–Crippen MR) is 119 cm³/mol. The Labute approximate surface area is 187 Å². The van der Waals surface area contributed by atoms with Gasteiger partial charge in [-0.3, -0.25) is 4.79 Å². The number of nitrogens with one attached hydrogen (secondary N) is 1. The Morgan fingerprint density at radius 2 is 1.77 bits per heavy atom. The molecule has 3 rings (SSSR count).